The van der Waals surface area contributed by atoms with Gasteiger partial charge in [-0.15, -0.1) is 11.6 Å². The molecule has 1 aromatic rings. The highest BCUT2D eigenvalue weighted by Crippen LogP contribution is 2.45. The molecular weight excluding hydrogens is 352 g/mol. The second-order valence-electron chi connectivity index (χ2n) is 5.49. The van der Waals surface area contributed by atoms with Gasteiger partial charge < -0.3 is 10.6 Å². The van der Waals surface area contributed by atoms with Crippen LogP contribution in [0.1, 0.15) is 24.0 Å². The van der Waals surface area contributed by atoms with E-state index in [1.807, 2.05) is 5.32 Å². The second-order valence-corrected chi connectivity index (χ2v) is 6.17. The van der Waals surface area contributed by atoms with Crippen LogP contribution in [0.4, 0.5) is 23.7 Å². The van der Waals surface area contributed by atoms with E-state index in [0.717, 1.165) is 18.9 Å². The van der Waals surface area contributed by atoms with E-state index in [4.69, 9.17) is 23.2 Å². The first-order valence-electron chi connectivity index (χ1n) is 6.84. The molecule has 0 spiro atoms. The Kier molecular flexibility index (Phi) is 3.89. The zero-order valence-corrected chi connectivity index (χ0v) is 13.2. The topological polar surface area (TPSA) is 41.1 Å². The molecule has 0 saturated heterocycles. The summed E-state index contributed by atoms with van der Waals surface area (Å²) in [6, 6.07) is 1.54. The summed E-state index contributed by atoms with van der Waals surface area (Å²) in [5.74, 6) is 4.81. The van der Waals surface area contributed by atoms with E-state index in [2.05, 4.69) is 17.2 Å². The van der Waals surface area contributed by atoms with Gasteiger partial charge in [-0.25, -0.2) is 4.79 Å². The Bertz CT molecular complexity index is 735. The van der Waals surface area contributed by atoms with Gasteiger partial charge in [0.25, 0.3) is 0 Å². The molecule has 1 aromatic carbocycles. The molecule has 2 aliphatic rings. The quantitative estimate of drug-likeness (QED) is 0.564. The zero-order valence-electron chi connectivity index (χ0n) is 11.7. The van der Waals surface area contributed by atoms with Crippen LogP contribution in [0.15, 0.2) is 12.1 Å². The summed E-state index contributed by atoms with van der Waals surface area (Å²) in [7, 11) is 0. The first-order chi connectivity index (χ1) is 10.8. The molecule has 0 radical (unpaired) electrons. The van der Waals surface area contributed by atoms with Crippen molar-refractivity contribution in [2.45, 2.75) is 30.4 Å². The first kappa shape index (κ1) is 16.3. The van der Waals surface area contributed by atoms with Gasteiger partial charge in [0.1, 0.15) is 0 Å². The molecule has 3 nitrogen and oxygen atoms in total. The normalized spacial score (nSPS) is 23.3. The third-order valence-corrected chi connectivity index (χ3v) is 4.39. The fourth-order valence-electron chi connectivity index (χ4n) is 2.36. The van der Waals surface area contributed by atoms with E-state index >= 15 is 0 Å². The minimum atomic E-state index is -4.80. The average Bonchev–Trinajstić information content (AvgIpc) is 3.27. The molecule has 0 bridgehead atoms. The molecule has 1 saturated carbocycles. The van der Waals surface area contributed by atoms with Crippen molar-refractivity contribution in [3.8, 4) is 11.8 Å². The van der Waals surface area contributed by atoms with Gasteiger partial charge in [0, 0.05) is 28.1 Å². The predicted molar refractivity (Wildman–Crippen MR) is 81.4 cm³/mol. The van der Waals surface area contributed by atoms with Crippen molar-refractivity contribution in [1.29, 1.82) is 0 Å². The molecule has 0 aromatic heterocycles. The molecule has 3 rings (SSSR count). The molecule has 1 fully saturated rings. The van der Waals surface area contributed by atoms with E-state index < -0.39 is 17.7 Å². The number of amides is 2. The highest BCUT2D eigenvalue weighted by molar-refractivity contribution is 6.32. The van der Waals surface area contributed by atoms with Gasteiger partial charge in [0.05, 0.1) is 0 Å². The first-order valence-corrected chi connectivity index (χ1v) is 7.75. The van der Waals surface area contributed by atoms with Crippen LogP contribution in [0.3, 0.4) is 0 Å². The molecular formula is C15H11Cl2F3N2O. The van der Waals surface area contributed by atoms with Gasteiger partial charge in [-0.2, -0.15) is 13.2 Å². The van der Waals surface area contributed by atoms with Crippen molar-refractivity contribution in [1.82, 2.24) is 5.32 Å². The molecule has 1 aliphatic heterocycles. The number of benzene rings is 1. The number of nitrogens with one attached hydrogen (secondary N) is 2. The number of anilines is 1. The molecule has 1 aliphatic carbocycles. The van der Waals surface area contributed by atoms with Crippen LogP contribution in [0, 0.1) is 17.8 Å². The van der Waals surface area contributed by atoms with Gasteiger partial charge in [-0.05, 0) is 30.5 Å². The lowest BCUT2D eigenvalue weighted by Gasteiger charge is -2.37. The number of fused-ring (bicyclic) bond motifs is 1. The molecule has 122 valence electrons. The lowest BCUT2D eigenvalue weighted by atomic mass is 9.85. The van der Waals surface area contributed by atoms with E-state index in [-0.39, 0.29) is 28.1 Å². The number of halogens is 5. The number of rotatable bonds is 1. The lowest BCUT2D eigenvalue weighted by Crippen LogP contribution is -2.59. The van der Waals surface area contributed by atoms with Crippen LogP contribution in [0.5, 0.6) is 0 Å². The second kappa shape index (κ2) is 5.50. The Morgan fingerprint density at radius 1 is 1.35 bits per heavy atom. The number of carbonyl (C=O) groups excluding carboxylic acids is 1. The summed E-state index contributed by atoms with van der Waals surface area (Å²) in [6.45, 7) is 0. The predicted octanol–water partition coefficient (Wildman–Crippen LogP) is 4.38. The van der Waals surface area contributed by atoms with Crippen LogP contribution in [-0.4, -0.2) is 12.2 Å². The minimum absolute atomic E-state index is 0.0104. The Morgan fingerprint density at radius 3 is 2.61 bits per heavy atom. The van der Waals surface area contributed by atoms with Gasteiger partial charge in [-0.3, -0.25) is 0 Å². The van der Waals surface area contributed by atoms with E-state index in [0.29, 0.717) is 5.56 Å². The molecule has 1 atom stereocenters. The smallest absolute Gasteiger partial charge is 0.310 e. The summed E-state index contributed by atoms with van der Waals surface area (Å²) in [6.07, 6.45) is -3.26. The summed E-state index contributed by atoms with van der Waals surface area (Å²) in [5.41, 5.74) is -2.56. The third kappa shape index (κ3) is 2.84. The maximum atomic E-state index is 13.8. The summed E-state index contributed by atoms with van der Waals surface area (Å²) in [4.78, 5) is 11.8. The number of alkyl halides is 4. The van der Waals surface area contributed by atoms with Gasteiger partial charge in [0.2, 0.25) is 5.54 Å². The Balaban J connectivity index is 2.23. The molecule has 2 amide bonds. The van der Waals surface area contributed by atoms with Gasteiger partial charge in [-0.1, -0.05) is 23.4 Å². The molecule has 8 heteroatoms. The van der Waals surface area contributed by atoms with Crippen LogP contribution >= 0.6 is 23.2 Å². The number of carbonyl (C=O) groups is 1. The van der Waals surface area contributed by atoms with Crippen LogP contribution < -0.4 is 10.6 Å². The monoisotopic (exact) mass is 362 g/mol. The molecule has 23 heavy (non-hydrogen) atoms. The molecule has 0 unspecified atom stereocenters. The Labute approximate surface area is 140 Å². The number of urea groups is 1. The van der Waals surface area contributed by atoms with Crippen molar-refractivity contribution in [2.24, 2.45) is 5.92 Å². The van der Waals surface area contributed by atoms with Crippen molar-refractivity contribution >= 4 is 34.9 Å². The van der Waals surface area contributed by atoms with Crippen LogP contribution in [0.2, 0.25) is 5.02 Å². The third-order valence-electron chi connectivity index (χ3n) is 3.75. The highest BCUT2D eigenvalue weighted by Gasteiger charge is 2.59. The summed E-state index contributed by atoms with van der Waals surface area (Å²) in [5, 5.41) is 4.39. The number of hydrogen-bond acceptors (Lipinski definition) is 1. The SMILES string of the molecule is O=C1Nc2cc(CCl)c(Cl)cc2[C@@](C#CC2CC2)(C(F)(F)F)N1. The zero-order chi connectivity index (χ0) is 16.8. The minimum Gasteiger partial charge on any atom is -0.310 e. The average molecular weight is 363 g/mol. The fourth-order valence-corrected chi connectivity index (χ4v) is 2.88. The van der Waals surface area contributed by atoms with Crippen LogP contribution in [-0.2, 0) is 11.4 Å². The maximum absolute atomic E-state index is 13.8. The van der Waals surface area contributed by atoms with E-state index in [9.17, 15) is 18.0 Å². The number of hydrogen-bond donors (Lipinski definition) is 2. The van der Waals surface area contributed by atoms with Crippen LogP contribution in [0.25, 0.3) is 0 Å². The molecule has 2 N–H and O–H groups in total. The fraction of sp³-hybridized carbons (Fsp3) is 0.400. The van der Waals surface area contributed by atoms with Gasteiger partial charge in [0.15, 0.2) is 0 Å². The summed E-state index contributed by atoms with van der Waals surface area (Å²) >= 11 is 11.7. The Hall–Kier alpha value is -1.58. The maximum Gasteiger partial charge on any atom is 0.427 e. The lowest BCUT2D eigenvalue weighted by molar-refractivity contribution is -0.178. The van der Waals surface area contributed by atoms with Crippen molar-refractivity contribution < 1.29 is 18.0 Å². The van der Waals surface area contributed by atoms with Crippen molar-refractivity contribution in [2.75, 3.05) is 5.32 Å². The Morgan fingerprint density at radius 2 is 2.04 bits per heavy atom. The summed E-state index contributed by atoms with van der Waals surface area (Å²) < 4.78 is 41.5. The van der Waals surface area contributed by atoms with E-state index in [1.165, 1.54) is 6.07 Å². The molecule has 1 heterocycles. The van der Waals surface area contributed by atoms with Gasteiger partial charge >= 0.3 is 12.2 Å². The standard InChI is InChI=1S/C15H11Cl2F3N2O/c16-7-9-5-12-10(6-11(9)17)14(15(18,19)20,22-13(23)21-12)4-3-8-1-2-8/h5-6,8H,1-2,7H2,(H2,21,22,23)/t14-/m0/s1. The van der Waals surface area contributed by atoms with Crippen molar-refractivity contribution in [3.63, 3.8) is 0 Å². The largest absolute Gasteiger partial charge is 0.427 e. The highest BCUT2D eigenvalue weighted by atomic mass is 35.5. The van der Waals surface area contributed by atoms with Crippen molar-refractivity contribution in [3.05, 3.63) is 28.3 Å². The van der Waals surface area contributed by atoms with E-state index in [1.54, 1.807) is 0 Å².